The van der Waals surface area contributed by atoms with E-state index in [1.165, 1.54) is 14.2 Å². The van der Waals surface area contributed by atoms with E-state index in [-0.39, 0.29) is 31.0 Å². The van der Waals surface area contributed by atoms with Crippen LogP contribution in [0.15, 0.2) is 23.3 Å². The largest absolute Gasteiger partial charge is 0.469 e. The molecule has 0 heterocycles. The molecule has 2 unspecified atom stereocenters. The molecule has 6 heteroatoms. The maximum Gasteiger partial charge on any atom is 0.333 e. The van der Waals surface area contributed by atoms with Crippen LogP contribution < -0.4 is 0 Å². The van der Waals surface area contributed by atoms with Gasteiger partial charge in [0.2, 0.25) is 0 Å². The van der Waals surface area contributed by atoms with Gasteiger partial charge in [0, 0.05) is 17.4 Å². The Labute approximate surface area is 155 Å². The quantitative estimate of drug-likeness (QED) is 0.404. The summed E-state index contributed by atoms with van der Waals surface area (Å²) in [5.41, 5.74) is 0.744. The van der Waals surface area contributed by atoms with Gasteiger partial charge in [0.15, 0.2) is 0 Å². The van der Waals surface area contributed by atoms with Crippen LogP contribution in [-0.2, 0) is 23.9 Å². The molecular formula is C20H30O6. The third-order valence-electron chi connectivity index (χ3n) is 4.97. The molecule has 0 aliphatic heterocycles. The second kappa shape index (κ2) is 10.3. The van der Waals surface area contributed by atoms with E-state index < -0.39 is 17.5 Å². The van der Waals surface area contributed by atoms with E-state index in [1.807, 2.05) is 19.1 Å². The number of ether oxygens (including phenoxy) is 2. The lowest BCUT2D eigenvalue weighted by molar-refractivity contribution is -0.150. The van der Waals surface area contributed by atoms with Crippen molar-refractivity contribution in [2.24, 2.45) is 5.41 Å². The third kappa shape index (κ3) is 6.41. The lowest BCUT2D eigenvalue weighted by Crippen LogP contribution is -2.41. The molecule has 0 amide bonds. The van der Waals surface area contributed by atoms with Crippen LogP contribution in [0.3, 0.4) is 0 Å². The fourth-order valence-electron chi connectivity index (χ4n) is 3.25. The van der Waals surface area contributed by atoms with E-state index in [4.69, 9.17) is 4.74 Å². The second-order valence-corrected chi connectivity index (χ2v) is 7.03. The van der Waals surface area contributed by atoms with E-state index in [1.54, 1.807) is 6.92 Å². The predicted molar refractivity (Wildman–Crippen MR) is 97.3 cm³/mol. The minimum atomic E-state index is -0.885. The van der Waals surface area contributed by atoms with Gasteiger partial charge in [-0.3, -0.25) is 9.59 Å². The first-order valence-electron chi connectivity index (χ1n) is 8.93. The highest BCUT2D eigenvalue weighted by Gasteiger charge is 2.44. The Hall–Kier alpha value is -1.95. The molecule has 1 aliphatic rings. The molecular weight excluding hydrogens is 336 g/mol. The van der Waals surface area contributed by atoms with Gasteiger partial charge < -0.3 is 14.6 Å². The van der Waals surface area contributed by atoms with Crippen molar-refractivity contribution < 1.29 is 29.0 Å². The van der Waals surface area contributed by atoms with Gasteiger partial charge in [-0.25, -0.2) is 4.79 Å². The molecule has 26 heavy (non-hydrogen) atoms. The second-order valence-electron chi connectivity index (χ2n) is 7.03. The van der Waals surface area contributed by atoms with Crippen molar-refractivity contribution in [1.82, 2.24) is 0 Å². The Kier molecular flexibility index (Phi) is 8.72. The molecule has 2 atom stereocenters. The number of allylic oxidation sites excluding steroid dienone is 3. The Morgan fingerprint density at radius 2 is 1.92 bits per heavy atom. The van der Waals surface area contributed by atoms with Gasteiger partial charge >= 0.3 is 11.9 Å². The molecule has 0 aromatic heterocycles. The fraction of sp³-hybridized carbons (Fsp3) is 0.650. The number of hydrogen-bond acceptors (Lipinski definition) is 6. The lowest BCUT2D eigenvalue weighted by Gasteiger charge is -2.36. The summed E-state index contributed by atoms with van der Waals surface area (Å²) in [5, 5.41) is 10.0. The van der Waals surface area contributed by atoms with Crippen molar-refractivity contribution >= 4 is 17.7 Å². The number of aliphatic hydroxyl groups is 1. The maximum atomic E-state index is 12.5. The van der Waals surface area contributed by atoms with Gasteiger partial charge in [-0.1, -0.05) is 17.7 Å². The van der Waals surface area contributed by atoms with Crippen molar-refractivity contribution in [3.8, 4) is 0 Å². The van der Waals surface area contributed by atoms with E-state index in [9.17, 15) is 19.5 Å². The van der Waals surface area contributed by atoms with Gasteiger partial charge in [-0.2, -0.15) is 0 Å². The molecule has 1 fully saturated rings. The summed E-state index contributed by atoms with van der Waals surface area (Å²) >= 11 is 0. The molecule has 0 saturated heterocycles. The SMILES string of the molecule is COC(=O)CC1(C/C=C(\C)CC/C=C(\C)C(=O)OC)CC(O)CCC1=O. The zero-order valence-electron chi connectivity index (χ0n) is 16.2. The highest BCUT2D eigenvalue weighted by molar-refractivity contribution is 5.90. The van der Waals surface area contributed by atoms with E-state index in [0.717, 1.165) is 12.0 Å². The minimum Gasteiger partial charge on any atom is -0.469 e. The molecule has 1 aliphatic carbocycles. The van der Waals surface area contributed by atoms with Crippen LogP contribution in [0.1, 0.15) is 58.8 Å². The van der Waals surface area contributed by atoms with Crippen molar-refractivity contribution in [2.75, 3.05) is 14.2 Å². The molecule has 1 saturated carbocycles. The minimum absolute atomic E-state index is 0.00940. The average Bonchev–Trinajstić information content (AvgIpc) is 2.62. The Morgan fingerprint density at radius 1 is 1.23 bits per heavy atom. The first kappa shape index (κ1) is 22.1. The van der Waals surface area contributed by atoms with Crippen LogP contribution in [0.2, 0.25) is 0 Å². The zero-order chi connectivity index (χ0) is 19.7. The van der Waals surface area contributed by atoms with E-state index >= 15 is 0 Å². The summed E-state index contributed by atoms with van der Waals surface area (Å²) in [6, 6.07) is 0. The number of carbonyl (C=O) groups excluding carboxylic acids is 3. The molecule has 146 valence electrons. The number of Topliss-reactive ketones (excluding diaryl/α,β-unsaturated/α-hetero) is 1. The van der Waals surface area contributed by atoms with Crippen molar-refractivity contribution in [3.63, 3.8) is 0 Å². The van der Waals surface area contributed by atoms with Crippen molar-refractivity contribution in [3.05, 3.63) is 23.3 Å². The summed E-state index contributed by atoms with van der Waals surface area (Å²) in [6.07, 6.45) is 6.04. The van der Waals surface area contributed by atoms with Crippen LogP contribution in [0.25, 0.3) is 0 Å². The summed E-state index contributed by atoms with van der Waals surface area (Å²) in [4.78, 5) is 35.7. The maximum absolute atomic E-state index is 12.5. The normalized spacial score (nSPS) is 24.3. The van der Waals surface area contributed by atoms with Crippen LogP contribution in [0.5, 0.6) is 0 Å². The summed E-state index contributed by atoms with van der Waals surface area (Å²) in [6.45, 7) is 3.66. The molecule has 1 N–H and O–H groups in total. The summed E-state index contributed by atoms with van der Waals surface area (Å²) in [5.74, 6) is -0.765. The van der Waals surface area contributed by atoms with Crippen molar-refractivity contribution in [1.29, 1.82) is 0 Å². The topological polar surface area (TPSA) is 89.9 Å². The molecule has 6 nitrogen and oxygen atoms in total. The highest BCUT2D eigenvalue weighted by Crippen LogP contribution is 2.40. The van der Waals surface area contributed by atoms with E-state index in [2.05, 4.69) is 4.74 Å². The molecule has 0 bridgehead atoms. The number of esters is 2. The molecule has 0 aromatic carbocycles. The van der Waals surface area contributed by atoms with Gasteiger partial charge in [-0.15, -0.1) is 0 Å². The summed E-state index contributed by atoms with van der Waals surface area (Å²) in [7, 11) is 2.65. The molecule has 1 rings (SSSR count). The predicted octanol–water partition coefficient (Wildman–Crippen LogP) is 2.89. The Morgan fingerprint density at radius 3 is 2.54 bits per heavy atom. The lowest BCUT2D eigenvalue weighted by atomic mass is 9.67. The zero-order valence-corrected chi connectivity index (χ0v) is 16.2. The number of hydrogen-bond donors (Lipinski definition) is 1. The first-order chi connectivity index (χ1) is 12.2. The monoisotopic (exact) mass is 366 g/mol. The van der Waals surface area contributed by atoms with Gasteiger partial charge in [-0.05, 0) is 46.0 Å². The van der Waals surface area contributed by atoms with Gasteiger partial charge in [0.05, 0.1) is 26.7 Å². The van der Waals surface area contributed by atoms with Crippen LogP contribution in [-0.4, -0.2) is 43.2 Å². The average molecular weight is 366 g/mol. The van der Waals surface area contributed by atoms with Crippen molar-refractivity contribution in [2.45, 2.75) is 64.9 Å². The number of carbonyl (C=O) groups is 3. The fourth-order valence-corrected chi connectivity index (χ4v) is 3.25. The summed E-state index contributed by atoms with van der Waals surface area (Å²) < 4.78 is 9.40. The van der Waals surface area contributed by atoms with Gasteiger partial charge in [0.1, 0.15) is 5.78 Å². The Bertz CT molecular complexity index is 589. The third-order valence-corrected chi connectivity index (χ3v) is 4.97. The number of rotatable bonds is 8. The smallest absolute Gasteiger partial charge is 0.333 e. The van der Waals surface area contributed by atoms with Gasteiger partial charge in [0.25, 0.3) is 0 Å². The molecule has 0 radical (unpaired) electrons. The van der Waals surface area contributed by atoms with E-state index in [0.29, 0.717) is 24.8 Å². The number of aliphatic hydroxyl groups excluding tert-OH is 1. The van der Waals surface area contributed by atoms with Crippen LogP contribution in [0, 0.1) is 5.41 Å². The molecule has 0 spiro atoms. The number of methoxy groups -OCH3 is 2. The first-order valence-corrected chi connectivity index (χ1v) is 8.93. The highest BCUT2D eigenvalue weighted by atomic mass is 16.5. The van der Waals surface area contributed by atoms with Crippen LogP contribution >= 0.6 is 0 Å². The Balaban J connectivity index is 2.78. The van der Waals surface area contributed by atoms with Crippen LogP contribution in [0.4, 0.5) is 0 Å². The standard InChI is InChI=1S/C20H30O6/c1-14(6-5-7-15(2)19(24)26-4)10-11-20(13-18(23)25-3)12-16(21)8-9-17(20)22/h7,10,16,21H,5-6,8-9,11-13H2,1-4H3/b14-10+,15-7+. The molecule has 0 aromatic rings. The number of ketones is 1.